The molecule has 2 unspecified atom stereocenters. The first-order valence-electron chi connectivity index (χ1n) is 8.73. The van der Waals surface area contributed by atoms with Crippen LogP contribution in [0.4, 0.5) is 5.82 Å². The third-order valence-corrected chi connectivity index (χ3v) is 5.28. The number of carbonyl (C=O) groups is 1. The number of nitrogens with two attached hydrogens (primary N) is 1. The van der Waals surface area contributed by atoms with E-state index in [4.69, 9.17) is 10.5 Å². The van der Waals surface area contributed by atoms with Gasteiger partial charge in [0.25, 0.3) is 0 Å². The van der Waals surface area contributed by atoms with Gasteiger partial charge in [0.1, 0.15) is 18.5 Å². The Hall–Kier alpha value is -1.99. The summed E-state index contributed by atoms with van der Waals surface area (Å²) in [6.45, 7) is -0.374. The smallest absolute Gasteiger partial charge is 0.238 e. The number of nitrogens with one attached hydrogen (secondary N) is 1. The molecule has 5 atom stereocenters. The van der Waals surface area contributed by atoms with Crippen LogP contribution in [-0.4, -0.2) is 92.6 Å². The number of aliphatic hydroxyl groups excluding tert-OH is 2. The molecule has 1 aliphatic heterocycles. The standard InChI is InChI=1S/C16H25N7O4S/c1-22(2)13-11-14(19-6-18-13)23(7-20-11)16-12(25)10(9(4-24)27-16)21-15(26)8(17)5-28-3/h6-10,12,16,24-25H,4-5,17H2,1-3H3,(H,21,26)/t8-,9?,10+,12+,16?/m0/s1. The zero-order valence-electron chi connectivity index (χ0n) is 15.9. The molecule has 1 amide bonds. The number of carbonyl (C=O) groups excluding carboxylic acids is 1. The molecule has 11 nitrogen and oxygen atoms in total. The highest BCUT2D eigenvalue weighted by molar-refractivity contribution is 7.98. The van der Waals surface area contributed by atoms with Crippen molar-refractivity contribution in [2.75, 3.05) is 37.6 Å². The summed E-state index contributed by atoms with van der Waals surface area (Å²) in [4.78, 5) is 26.9. The van der Waals surface area contributed by atoms with E-state index in [0.717, 1.165) is 0 Å². The van der Waals surface area contributed by atoms with Crippen LogP contribution in [-0.2, 0) is 9.53 Å². The van der Waals surface area contributed by atoms with Gasteiger partial charge >= 0.3 is 0 Å². The van der Waals surface area contributed by atoms with Crippen molar-refractivity contribution in [2.24, 2.45) is 5.73 Å². The highest BCUT2D eigenvalue weighted by atomic mass is 32.2. The maximum atomic E-state index is 12.3. The Balaban J connectivity index is 1.87. The normalized spacial score (nSPS) is 25.8. The van der Waals surface area contributed by atoms with Crippen molar-refractivity contribution < 1.29 is 19.7 Å². The lowest BCUT2D eigenvalue weighted by atomic mass is 10.1. The predicted octanol–water partition coefficient (Wildman–Crippen LogP) is -1.68. The Morgan fingerprint density at radius 3 is 2.86 bits per heavy atom. The van der Waals surface area contributed by atoms with E-state index >= 15 is 0 Å². The summed E-state index contributed by atoms with van der Waals surface area (Å²) in [6.07, 6.45) is 1.95. The van der Waals surface area contributed by atoms with E-state index in [1.54, 1.807) is 9.47 Å². The summed E-state index contributed by atoms with van der Waals surface area (Å²) in [5, 5.41) is 23.2. The van der Waals surface area contributed by atoms with Crippen molar-refractivity contribution in [2.45, 2.75) is 30.5 Å². The number of fused-ring (bicyclic) bond motifs is 1. The van der Waals surface area contributed by atoms with E-state index in [0.29, 0.717) is 22.7 Å². The average Bonchev–Trinajstić information content (AvgIpc) is 3.23. The molecule has 3 rings (SSSR count). The topological polar surface area (TPSA) is 152 Å². The zero-order valence-corrected chi connectivity index (χ0v) is 16.7. The van der Waals surface area contributed by atoms with Gasteiger partial charge in [0.15, 0.2) is 23.2 Å². The number of ether oxygens (including phenoxy) is 1. The fraction of sp³-hybridized carbons (Fsp3) is 0.625. The molecule has 0 aliphatic carbocycles. The molecule has 1 fully saturated rings. The van der Waals surface area contributed by atoms with Crippen LogP contribution < -0.4 is 16.0 Å². The number of nitrogens with zero attached hydrogens (tertiary/aromatic N) is 5. The fourth-order valence-corrected chi connectivity index (χ4v) is 3.70. The molecule has 0 bridgehead atoms. The Morgan fingerprint density at radius 2 is 2.21 bits per heavy atom. The van der Waals surface area contributed by atoms with Crippen LogP contribution in [0.15, 0.2) is 12.7 Å². The van der Waals surface area contributed by atoms with E-state index in [2.05, 4.69) is 20.3 Å². The van der Waals surface area contributed by atoms with Gasteiger partial charge in [-0.1, -0.05) is 0 Å². The summed E-state index contributed by atoms with van der Waals surface area (Å²) >= 11 is 1.45. The molecule has 0 aromatic carbocycles. The molecule has 5 N–H and O–H groups in total. The first kappa shape index (κ1) is 20.7. The predicted molar refractivity (Wildman–Crippen MR) is 105 cm³/mol. The molecule has 0 saturated carbocycles. The van der Waals surface area contributed by atoms with Gasteiger partial charge in [-0.3, -0.25) is 9.36 Å². The minimum atomic E-state index is -1.13. The lowest BCUT2D eigenvalue weighted by molar-refractivity contribution is -0.123. The van der Waals surface area contributed by atoms with Crippen molar-refractivity contribution in [1.29, 1.82) is 0 Å². The van der Waals surface area contributed by atoms with E-state index in [1.165, 1.54) is 24.4 Å². The Kier molecular flexibility index (Phi) is 6.35. The molecule has 2 aromatic heterocycles. The molecule has 3 heterocycles. The number of hydrogen-bond donors (Lipinski definition) is 4. The van der Waals surface area contributed by atoms with Crippen molar-refractivity contribution in [3.63, 3.8) is 0 Å². The van der Waals surface area contributed by atoms with Gasteiger partial charge in [-0.25, -0.2) is 15.0 Å². The van der Waals surface area contributed by atoms with E-state index < -0.39 is 36.4 Å². The minimum absolute atomic E-state index is 0.374. The number of imidazole rings is 1. The highest BCUT2D eigenvalue weighted by Gasteiger charge is 2.46. The summed E-state index contributed by atoms with van der Waals surface area (Å²) in [7, 11) is 3.68. The summed E-state index contributed by atoms with van der Waals surface area (Å²) in [5.41, 5.74) is 6.86. The van der Waals surface area contributed by atoms with Gasteiger partial charge in [-0.05, 0) is 6.26 Å². The third-order valence-electron chi connectivity index (χ3n) is 4.58. The molecule has 1 saturated heterocycles. The number of thioether (sulfide) groups is 1. The zero-order chi connectivity index (χ0) is 20.4. The van der Waals surface area contributed by atoms with E-state index in [9.17, 15) is 15.0 Å². The minimum Gasteiger partial charge on any atom is -0.394 e. The first-order valence-corrected chi connectivity index (χ1v) is 10.1. The van der Waals surface area contributed by atoms with Crippen LogP contribution in [0.5, 0.6) is 0 Å². The molecule has 0 radical (unpaired) electrons. The van der Waals surface area contributed by atoms with Crippen molar-refractivity contribution >= 4 is 34.7 Å². The van der Waals surface area contributed by atoms with Crippen LogP contribution in [0.3, 0.4) is 0 Å². The largest absolute Gasteiger partial charge is 0.394 e. The monoisotopic (exact) mass is 411 g/mol. The molecule has 12 heteroatoms. The van der Waals surface area contributed by atoms with Gasteiger partial charge < -0.3 is 30.9 Å². The number of aromatic nitrogens is 4. The molecule has 1 aliphatic rings. The van der Waals surface area contributed by atoms with Crippen LogP contribution in [0.2, 0.25) is 0 Å². The van der Waals surface area contributed by atoms with E-state index in [1.807, 2.05) is 20.4 Å². The maximum Gasteiger partial charge on any atom is 0.238 e. The Morgan fingerprint density at radius 1 is 1.46 bits per heavy atom. The molecular formula is C16H25N7O4S. The second kappa shape index (κ2) is 8.57. The Labute approximate surface area is 166 Å². The van der Waals surface area contributed by atoms with Gasteiger partial charge in [-0.2, -0.15) is 11.8 Å². The van der Waals surface area contributed by atoms with Gasteiger partial charge in [0.05, 0.1) is 25.0 Å². The molecular weight excluding hydrogens is 386 g/mol. The third kappa shape index (κ3) is 3.78. The number of rotatable bonds is 7. The van der Waals surface area contributed by atoms with Crippen LogP contribution in [0.25, 0.3) is 11.2 Å². The summed E-state index contributed by atoms with van der Waals surface area (Å²) < 4.78 is 7.39. The fourth-order valence-electron chi connectivity index (χ4n) is 3.19. The number of anilines is 1. The van der Waals surface area contributed by atoms with Crippen molar-refractivity contribution in [3.8, 4) is 0 Å². The average molecular weight is 411 g/mol. The highest BCUT2D eigenvalue weighted by Crippen LogP contribution is 2.32. The van der Waals surface area contributed by atoms with Crippen LogP contribution in [0.1, 0.15) is 6.23 Å². The molecule has 2 aromatic rings. The van der Waals surface area contributed by atoms with Crippen LogP contribution in [0, 0.1) is 0 Å². The maximum absolute atomic E-state index is 12.3. The SMILES string of the molecule is CSC[C@H](N)C(=O)N[C@@H]1C(CO)OC(n2cnc3c(N(C)C)ncnc32)[C@@H]1O. The van der Waals surface area contributed by atoms with Gasteiger partial charge in [0.2, 0.25) is 5.91 Å². The number of amides is 1. The van der Waals surface area contributed by atoms with Crippen molar-refractivity contribution in [3.05, 3.63) is 12.7 Å². The number of hydrogen-bond acceptors (Lipinski definition) is 10. The lowest BCUT2D eigenvalue weighted by Crippen LogP contribution is -2.53. The summed E-state index contributed by atoms with van der Waals surface area (Å²) in [5.74, 6) is 0.663. The first-order chi connectivity index (χ1) is 13.4. The number of aliphatic hydroxyl groups is 2. The van der Waals surface area contributed by atoms with Gasteiger partial charge in [0, 0.05) is 19.8 Å². The van der Waals surface area contributed by atoms with E-state index in [-0.39, 0.29) is 6.61 Å². The summed E-state index contributed by atoms with van der Waals surface area (Å²) in [6, 6.07) is -1.53. The second-order valence-corrected chi connectivity index (χ2v) is 7.66. The lowest BCUT2D eigenvalue weighted by Gasteiger charge is -2.22. The quantitative estimate of drug-likeness (QED) is 0.416. The molecule has 154 valence electrons. The van der Waals surface area contributed by atoms with Crippen molar-refractivity contribution in [1.82, 2.24) is 24.8 Å². The molecule has 28 heavy (non-hydrogen) atoms. The second-order valence-electron chi connectivity index (χ2n) is 6.75. The molecule has 0 spiro atoms. The van der Waals surface area contributed by atoms with Crippen LogP contribution >= 0.6 is 11.8 Å². The van der Waals surface area contributed by atoms with Gasteiger partial charge in [-0.15, -0.1) is 0 Å². The Bertz CT molecular complexity index is 832.